The van der Waals surface area contributed by atoms with Crippen LogP contribution in [0.2, 0.25) is 0 Å². The molecule has 0 N–H and O–H groups in total. The van der Waals surface area contributed by atoms with E-state index in [1.54, 1.807) is 20.3 Å². The lowest BCUT2D eigenvalue weighted by Gasteiger charge is -2.23. The number of fused-ring (bicyclic) bond motifs is 1. The smallest absolute Gasteiger partial charge is 0.249 e. The molecule has 1 aliphatic carbocycles. The number of carbonyl (C=O) groups is 1. The van der Waals surface area contributed by atoms with E-state index >= 15 is 0 Å². The van der Waals surface area contributed by atoms with E-state index < -0.39 is 5.41 Å². The Balaban J connectivity index is 1.67. The van der Waals surface area contributed by atoms with Crippen LogP contribution in [0.15, 0.2) is 24.7 Å². The molecule has 8 heteroatoms. The number of aromatic nitrogens is 5. The highest BCUT2D eigenvalue weighted by molar-refractivity contribution is 6.04. The van der Waals surface area contributed by atoms with Crippen molar-refractivity contribution in [2.24, 2.45) is 24.3 Å². The van der Waals surface area contributed by atoms with Gasteiger partial charge < -0.3 is 0 Å². The first-order chi connectivity index (χ1) is 13.5. The van der Waals surface area contributed by atoms with Crippen molar-refractivity contribution in [3.63, 3.8) is 0 Å². The van der Waals surface area contributed by atoms with Crippen LogP contribution >= 0.6 is 0 Å². The Kier molecular flexibility index (Phi) is 3.41. The van der Waals surface area contributed by atoms with Gasteiger partial charge in [-0.3, -0.25) is 14.4 Å². The maximum Gasteiger partial charge on any atom is 0.249 e. The molecule has 1 saturated carbocycles. The highest BCUT2D eigenvalue weighted by Gasteiger charge is 2.61. The lowest BCUT2D eigenvalue weighted by molar-refractivity contribution is -0.124. The predicted molar refractivity (Wildman–Crippen MR) is 102 cm³/mol. The average Bonchev–Trinajstić information content (AvgIpc) is 3.21. The Morgan fingerprint density at radius 3 is 2.75 bits per heavy atom. The predicted octanol–water partition coefficient (Wildman–Crippen LogP) is 2.34. The molecule has 2 atom stereocenters. The summed E-state index contributed by atoms with van der Waals surface area (Å²) in [7, 11) is 1.87. The number of carbonyl (C=O) groups excluding carboxylic acids is 1. The van der Waals surface area contributed by atoms with Crippen LogP contribution in [0, 0.1) is 35.5 Å². The second-order valence-corrected chi connectivity index (χ2v) is 7.98. The van der Waals surface area contributed by atoms with E-state index in [-0.39, 0.29) is 17.7 Å². The fraction of sp³-hybridized carbons (Fsp3) is 0.450. The van der Waals surface area contributed by atoms with Crippen molar-refractivity contribution in [1.82, 2.24) is 24.4 Å². The Morgan fingerprint density at radius 2 is 2.11 bits per heavy atom. The fourth-order valence-corrected chi connectivity index (χ4v) is 4.57. The van der Waals surface area contributed by atoms with Gasteiger partial charge >= 0.3 is 0 Å². The van der Waals surface area contributed by atoms with Crippen LogP contribution in [0.3, 0.4) is 0 Å². The van der Waals surface area contributed by atoms with Crippen LogP contribution in [0.1, 0.15) is 25.5 Å². The van der Waals surface area contributed by atoms with E-state index in [1.807, 2.05) is 39.4 Å². The van der Waals surface area contributed by atoms with Gasteiger partial charge in [-0.1, -0.05) is 6.92 Å². The molecular weight excluding hydrogens is 354 g/mol. The highest BCUT2D eigenvalue weighted by Crippen LogP contribution is 2.54. The zero-order valence-corrected chi connectivity index (χ0v) is 16.1. The summed E-state index contributed by atoms with van der Waals surface area (Å²) >= 11 is 0. The van der Waals surface area contributed by atoms with Gasteiger partial charge in [-0.05, 0) is 31.7 Å². The molecule has 1 aliphatic heterocycles. The molecule has 0 radical (unpaired) electrons. The third-order valence-corrected chi connectivity index (χ3v) is 6.15. The van der Waals surface area contributed by atoms with Crippen molar-refractivity contribution in [3.05, 3.63) is 30.4 Å². The van der Waals surface area contributed by atoms with Crippen LogP contribution in [0.4, 0.5) is 5.82 Å². The zero-order chi connectivity index (χ0) is 19.6. The standard InChI is InChI=1S/C20H21N7O/c1-12-8-26(19(28)20(12,11-21)14-4-5-14)18-17-6-7-22-27(17)10-16(23-18)15-9-25(3)24-13(15)2/h6-7,9-10,12,14H,4-5,8H2,1-3H3/t12-,20+/m1/s1. The normalized spacial score (nSPS) is 24.9. The number of aryl methyl sites for hydroxylation is 2. The fourth-order valence-electron chi connectivity index (χ4n) is 4.57. The zero-order valence-electron chi connectivity index (χ0n) is 16.1. The van der Waals surface area contributed by atoms with Crippen molar-refractivity contribution < 1.29 is 4.79 Å². The molecule has 0 spiro atoms. The first-order valence-corrected chi connectivity index (χ1v) is 9.54. The summed E-state index contributed by atoms with van der Waals surface area (Å²) in [5.41, 5.74) is 2.29. The summed E-state index contributed by atoms with van der Waals surface area (Å²) in [6.07, 6.45) is 7.35. The summed E-state index contributed by atoms with van der Waals surface area (Å²) in [6, 6.07) is 4.24. The first-order valence-electron chi connectivity index (χ1n) is 9.54. The van der Waals surface area contributed by atoms with Gasteiger partial charge in [0.2, 0.25) is 5.91 Å². The Labute approximate surface area is 162 Å². The van der Waals surface area contributed by atoms with Gasteiger partial charge in [-0.25, -0.2) is 9.50 Å². The third-order valence-electron chi connectivity index (χ3n) is 6.15. The topological polar surface area (TPSA) is 92.1 Å². The Morgan fingerprint density at radius 1 is 1.32 bits per heavy atom. The number of anilines is 1. The second-order valence-electron chi connectivity index (χ2n) is 7.98. The van der Waals surface area contributed by atoms with Crippen molar-refractivity contribution in [3.8, 4) is 17.3 Å². The van der Waals surface area contributed by atoms with E-state index in [2.05, 4.69) is 16.3 Å². The van der Waals surface area contributed by atoms with Crippen molar-refractivity contribution in [2.75, 3.05) is 11.4 Å². The van der Waals surface area contributed by atoms with Gasteiger partial charge in [0.25, 0.3) is 0 Å². The van der Waals surface area contributed by atoms with Gasteiger partial charge in [0.05, 0.1) is 29.9 Å². The minimum Gasteiger partial charge on any atom is -0.293 e. The summed E-state index contributed by atoms with van der Waals surface area (Å²) in [4.78, 5) is 20.0. The maximum atomic E-state index is 13.5. The molecule has 2 aliphatic rings. The molecule has 0 unspecified atom stereocenters. The molecule has 28 heavy (non-hydrogen) atoms. The molecule has 2 fully saturated rings. The number of rotatable bonds is 3. The maximum absolute atomic E-state index is 13.5. The molecule has 8 nitrogen and oxygen atoms in total. The second kappa shape index (κ2) is 5.64. The van der Waals surface area contributed by atoms with Gasteiger partial charge in [0, 0.05) is 31.3 Å². The molecule has 4 heterocycles. The molecule has 3 aromatic rings. The molecule has 0 bridgehead atoms. The first kappa shape index (κ1) is 16.9. The molecule has 5 rings (SSSR count). The van der Waals surface area contributed by atoms with Crippen molar-refractivity contribution in [2.45, 2.75) is 26.7 Å². The minimum absolute atomic E-state index is 0.0361. The molecule has 3 aromatic heterocycles. The molecular formula is C20H21N7O. The van der Waals surface area contributed by atoms with Gasteiger partial charge in [0.15, 0.2) is 5.82 Å². The summed E-state index contributed by atoms with van der Waals surface area (Å²) < 4.78 is 3.49. The third kappa shape index (κ3) is 2.16. The summed E-state index contributed by atoms with van der Waals surface area (Å²) in [5.74, 6) is 0.564. The lowest BCUT2D eigenvalue weighted by Crippen LogP contribution is -2.37. The number of amides is 1. The largest absolute Gasteiger partial charge is 0.293 e. The van der Waals surface area contributed by atoms with E-state index in [9.17, 15) is 10.1 Å². The molecule has 1 saturated heterocycles. The van der Waals surface area contributed by atoms with Crippen LogP contribution in [0.25, 0.3) is 16.8 Å². The number of hydrogen-bond acceptors (Lipinski definition) is 5. The average molecular weight is 375 g/mol. The van der Waals surface area contributed by atoms with Crippen LogP contribution in [-0.4, -0.2) is 36.8 Å². The Bertz CT molecular complexity index is 1150. The Hall–Kier alpha value is -3.21. The van der Waals surface area contributed by atoms with E-state index in [4.69, 9.17) is 4.98 Å². The molecule has 1 amide bonds. The highest BCUT2D eigenvalue weighted by atomic mass is 16.2. The van der Waals surface area contributed by atoms with Gasteiger partial charge in [-0.15, -0.1) is 0 Å². The van der Waals surface area contributed by atoms with E-state index in [0.717, 1.165) is 29.6 Å². The SMILES string of the molecule is Cc1nn(C)cc1-c1cn2nccc2c(N2C[C@@H](C)[C@@](C#N)(C3CC3)C2=O)n1. The van der Waals surface area contributed by atoms with Gasteiger partial charge in [0.1, 0.15) is 10.9 Å². The van der Waals surface area contributed by atoms with E-state index in [1.165, 1.54) is 0 Å². The minimum atomic E-state index is -0.932. The number of nitriles is 1. The van der Waals surface area contributed by atoms with Crippen LogP contribution < -0.4 is 4.90 Å². The molecule has 0 aromatic carbocycles. The number of nitrogens with zero attached hydrogens (tertiary/aromatic N) is 7. The monoisotopic (exact) mass is 375 g/mol. The quantitative estimate of drug-likeness (QED) is 0.701. The van der Waals surface area contributed by atoms with Crippen LogP contribution in [-0.2, 0) is 11.8 Å². The van der Waals surface area contributed by atoms with Crippen molar-refractivity contribution in [1.29, 1.82) is 5.26 Å². The lowest BCUT2D eigenvalue weighted by atomic mass is 9.75. The van der Waals surface area contributed by atoms with Crippen molar-refractivity contribution >= 4 is 17.2 Å². The summed E-state index contributed by atoms with van der Waals surface area (Å²) in [6.45, 7) is 4.43. The van der Waals surface area contributed by atoms with Crippen LogP contribution in [0.5, 0.6) is 0 Å². The summed E-state index contributed by atoms with van der Waals surface area (Å²) in [5, 5.41) is 18.7. The van der Waals surface area contributed by atoms with Gasteiger partial charge in [-0.2, -0.15) is 15.5 Å². The molecule has 142 valence electrons. The van der Waals surface area contributed by atoms with E-state index in [0.29, 0.717) is 18.1 Å². The number of hydrogen-bond donors (Lipinski definition) is 0.